The summed E-state index contributed by atoms with van der Waals surface area (Å²) in [6.07, 6.45) is -5.00. The second kappa shape index (κ2) is 6.81. The number of benzene rings is 1. The summed E-state index contributed by atoms with van der Waals surface area (Å²) in [5, 5.41) is 9.95. The molecule has 9 heteroatoms. The van der Waals surface area contributed by atoms with E-state index in [9.17, 15) is 22.7 Å². The number of rotatable bonds is 4. The number of hydrogen-bond donors (Lipinski definition) is 2. The van der Waals surface area contributed by atoms with Gasteiger partial charge in [0.1, 0.15) is 17.3 Å². The first-order chi connectivity index (χ1) is 11.1. The van der Waals surface area contributed by atoms with E-state index in [0.29, 0.717) is 5.56 Å². The first-order valence-corrected chi connectivity index (χ1v) is 7.72. The monoisotopic (exact) mass is 456 g/mol. The van der Waals surface area contributed by atoms with Gasteiger partial charge < -0.3 is 15.6 Å². The number of aliphatic hydroxyl groups is 1. The van der Waals surface area contributed by atoms with Crippen molar-refractivity contribution in [2.45, 2.75) is 11.8 Å². The zero-order valence-corrected chi connectivity index (χ0v) is 14.5. The minimum Gasteiger partial charge on any atom is -0.494 e. The van der Waals surface area contributed by atoms with E-state index in [4.69, 9.17) is 10.5 Å². The number of halogens is 5. The second-order valence-corrected chi connectivity index (χ2v) is 6.10. The Labute approximate surface area is 148 Å². The van der Waals surface area contributed by atoms with E-state index in [2.05, 4.69) is 4.98 Å². The topological polar surface area (TPSA) is 68.4 Å². The average molecular weight is 456 g/mol. The van der Waals surface area contributed by atoms with Crippen molar-refractivity contribution in [3.8, 4) is 17.0 Å². The van der Waals surface area contributed by atoms with E-state index in [0.717, 1.165) is 6.07 Å². The van der Waals surface area contributed by atoms with Crippen molar-refractivity contribution in [2.24, 2.45) is 5.73 Å². The summed E-state index contributed by atoms with van der Waals surface area (Å²) in [6, 6.07) is 6.20. The van der Waals surface area contributed by atoms with Crippen LogP contribution in [0.5, 0.6) is 5.75 Å². The summed E-state index contributed by atoms with van der Waals surface area (Å²) in [5.41, 5.74) is 1.58. The van der Waals surface area contributed by atoms with E-state index >= 15 is 0 Å². The van der Waals surface area contributed by atoms with Crippen molar-refractivity contribution in [3.05, 3.63) is 45.4 Å². The van der Waals surface area contributed by atoms with Crippen LogP contribution >= 0.6 is 22.6 Å². The summed E-state index contributed by atoms with van der Waals surface area (Å²) in [4.78, 5) is 3.89. The molecule has 0 radical (unpaired) electrons. The summed E-state index contributed by atoms with van der Waals surface area (Å²) < 4.78 is 58.3. The van der Waals surface area contributed by atoms with Gasteiger partial charge in [0.05, 0.1) is 12.8 Å². The van der Waals surface area contributed by atoms with Gasteiger partial charge in [-0.3, -0.25) is 0 Å². The normalized spacial score (nSPS) is 14.3. The highest BCUT2D eigenvalue weighted by Crippen LogP contribution is 2.39. The van der Waals surface area contributed by atoms with Crippen LogP contribution in [0.25, 0.3) is 11.3 Å². The Morgan fingerprint density at radius 3 is 2.42 bits per heavy atom. The molecule has 0 bridgehead atoms. The molecule has 130 valence electrons. The Hall–Kier alpha value is -1.46. The van der Waals surface area contributed by atoms with Crippen LogP contribution in [0.4, 0.5) is 17.6 Å². The Morgan fingerprint density at radius 2 is 1.92 bits per heavy atom. The molecule has 0 amide bonds. The Bertz CT molecular complexity index is 755. The lowest BCUT2D eigenvalue weighted by molar-refractivity contribution is -0.263. The molecule has 2 aromatic rings. The lowest BCUT2D eigenvalue weighted by Gasteiger charge is -2.29. The standard InChI is InChI=1S/C15H13F4IN2O2/c1-24-11-4-5-12(14(23,7-21)15(17,18)19)22-13(11)8-2-3-9(16)10(20)6-8/h2-6,23H,7,21H2,1H3. The Morgan fingerprint density at radius 1 is 1.25 bits per heavy atom. The van der Waals surface area contributed by atoms with Crippen LogP contribution in [0.3, 0.4) is 0 Å². The minimum absolute atomic E-state index is 0.0454. The third-order valence-electron chi connectivity index (χ3n) is 3.46. The first kappa shape index (κ1) is 18.9. The zero-order valence-electron chi connectivity index (χ0n) is 12.4. The molecule has 3 N–H and O–H groups in total. The SMILES string of the molecule is COc1ccc(C(O)(CN)C(F)(F)F)nc1-c1ccc(F)c(I)c1. The third-order valence-corrected chi connectivity index (χ3v) is 4.29. The highest BCUT2D eigenvalue weighted by molar-refractivity contribution is 14.1. The molecule has 1 aromatic heterocycles. The van der Waals surface area contributed by atoms with Crippen LogP contribution in [0.2, 0.25) is 0 Å². The predicted octanol–water partition coefficient (Wildman–Crippen LogP) is 3.21. The molecule has 4 nitrogen and oxygen atoms in total. The lowest BCUT2D eigenvalue weighted by atomic mass is 9.97. The summed E-state index contributed by atoms with van der Waals surface area (Å²) in [5.74, 6) is -0.286. The minimum atomic E-state index is -5.00. The number of aromatic nitrogens is 1. The van der Waals surface area contributed by atoms with Crippen LogP contribution in [0.15, 0.2) is 30.3 Å². The van der Waals surface area contributed by atoms with Crippen molar-refractivity contribution < 1.29 is 27.4 Å². The van der Waals surface area contributed by atoms with Crippen LogP contribution < -0.4 is 10.5 Å². The molecule has 0 saturated heterocycles. The summed E-state index contributed by atoms with van der Waals surface area (Å²) >= 11 is 1.75. The van der Waals surface area contributed by atoms with E-state index < -0.39 is 29.8 Å². The number of methoxy groups -OCH3 is 1. The van der Waals surface area contributed by atoms with E-state index in [1.807, 2.05) is 0 Å². The van der Waals surface area contributed by atoms with Gasteiger partial charge in [-0.15, -0.1) is 0 Å². The molecule has 0 spiro atoms. The maximum atomic E-state index is 13.4. The van der Waals surface area contributed by atoms with E-state index in [-0.39, 0.29) is 15.0 Å². The molecule has 1 atom stereocenters. The first-order valence-electron chi connectivity index (χ1n) is 6.64. The molecule has 1 heterocycles. The fraction of sp³-hybridized carbons (Fsp3) is 0.267. The maximum Gasteiger partial charge on any atom is 0.424 e. The number of ether oxygens (including phenoxy) is 1. The van der Waals surface area contributed by atoms with Crippen molar-refractivity contribution in [3.63, 3.8) is 0 Å². The zero-order chi connectivity index (χ0) is 18.1. The fourth-order valence-electron chi connectivity index (χ4n) is 2.06. The largest absolute Gasteiger partial charge is 0.494 e. The highest BCUT2D eigenvalue weighted by Gasteiger charge is 2.55. The quantitative estimate of drug-likeness (QED) is 0.548. The van der Waals surface area contributed by atoms with Gasteiger partial charge in [0.25, 0.3) is 0 Å². The maximum absolute atomic E-state index is 13.4. The van der Waals surface area contributed by atoms with Crippen LogP contribution in [-0.4, -0.2) is 29.9 Å². The summed E-state index contributed by atoms with van der Waals surface area (Å²) in [7, 11) is 1.33. The van der Waals surface area contributed by atoms with Gasteiger partial charge in [0.2, 0.25) is 5.60 Å². The van der Waals surface area contributed by atoms with Crippen molar-refractivity contribution in [1.29, 1.82) is 0 Å². The Balaban J connectivity index is 2.66. The van der Waals surface area contributed by atoms with Gasteiger partial charge in [0, 0.05) is 15.7 Å². The van der Waals surface area contributed by atoms with Gasteiger partial charge in [-0.2, -0.15) is 13.2 Å². The molecule has 2 rings (SSSR count). The van der Waals surface area contributed by atoms with Gasteiger partial charge in [-0.1, -0.05) is 0 Å². The van der Waals surface area contributed by atoms with Crippen LogP contribution in [0, 0.1) is 9.39 Å². The predicted molar refractivity (Wildman–Crippen MR) is 87.9 cm³/mol. The third kappa shape index (κ3) is 3.33. The van der Waals surface area contributed by atoms with E-state index in [1.54, 1.807) is 22.6 Å². The molecule has 0 saturated carbocycles. The molecule has 24 heavy (non-hydrogen) atoms. The van der Waals surface area contributed by atoms with Crippen LogP contribution in [-0.2, 0) is 5.60 Å². The molecule has 0 aliphatic heterocycles. The van der Waals surface area contributed by atoms with E-state index in [1.165, 1.54) is 31.4 Å². The van der Waals surface area contributed by atoms with Crippen molar-refractivity contribution in [2.75, 3.05) is 13.7 Å². The lowest BCUT2D eigenvalue weighted by Crippen LogP contribution is -2.49. The molecule has 0 aliphatic rings. The number of alkyl halides is 3. The molecule has 1 unspecified atom stereocenters. The molecular weight excluding hydrogens is 443 g/mol. The van der Waals surface area contributed by atoms with Crippen molar-refractivity contribution in [1.82, 2.24) is 4.98 Å². The molecule has 0 fully saturated rings. The van der Waals surface area contributed by atoms with Crippen molar-refractivity contribution >= 4 is 22.6 Å². The number of pyridine rings is 1. The smallest absolute Gasteiger partial charge is 0.424 e. The molecular formula is C15H13F4IN2O2. The van der Waals surface area contributed by atoms with Gasteiger partial charge in [-0.25, -0.2) is 9.37 Å². The summed E-state index contributed by atoms with van der Waals surface area (Å²) in [6.45, 7) is -1.09. The number of nitrogens with zero attached hydrogens (tertiary/aromatic N) is 1. The number of hydrogen-bond acceptors (Lipinski definition) is 4. The molecule has 1 aromatic carbocycles. The van der Waals surface area contributed by atoms with Gasteiger partial charge in [0.15, 0.2) is 0 Å². The number of nitrogens with two attached hydrogens (primary N) is 1. The fourth-order valence-corrected chi connectivity index (χ4v) is 2.57. The van der Waals surface area contributed by atoms with Gasteiger partial charge in [-0.05, 0) is 52.9 Å². The second-order valence-electron chi connectivity index (χ2n) is 4.94. The Kier molecular flexibility index (Phi) is 5.35. The average Bonchev–Trinajstić information content (AvgIpc) is 2.55. The molecule has 0 aliphatic carbocycles. The van der Waals surface area contributed by atoms with Gasteiger partial charge >= 0.3 is 6.18 Å². The van der Waals surface area contributed by atoms with Crippen LogP contribution in [0.1, 0.15) is 5.69 Å². The highest BCUT2D eigenvalue weighted by atomic mass is 127.